The lowest BCUT2D eigenvalue weighted by atomic mass is 10.1. The van der Waals surface area contributed by atoms with Crippen molar-refractivity contribution in [3.05, 3.63) is 40.6 Å². The molecule has 0 radical (unpaired) electrons. The van der Waals surface area contributed by atoms with E-state index in [9.17, 15) is 23.3 Å². The molecule has 1 N–H and O–H groups in total. The Balaban J connectivity index is 2.46. The Morgan fingerprint density at radius 2 is 2.10 bits per heavy atom. The van der Waals surface area contributed by atoms with Gasteiger partial charge in [0.25, 0.3) is 0 Å². The quantitative estimate of drug-likeness (QED) is 0.692. The van der Waals surface area contributed by atoms with Crippen LogP contribution >= 0.6 is 0 Å². The zero-order valence-corrected chi connectivity index (χ0v) is 9.85. The van der Waals surface area contributed by atoms with E-state index in [1.165, 1.54) is 24.4 Å². The van der Waals surface area contributed by atoms with Gasteiger partial charge in [-0.15, -0.1) is 0 Å². The average molecular weight is 287 g/mol. The summed E-state index contributed by atoms with van der Waals surface area (Å²) < 4.78 is 41.3. The number of halogens is 3. The summed E-state index contributed by atoms with van der Waals surface area (Å²) in [5.41, 5.74) is -0.176. The van der Waals surface area contributed by atoms with Crippen LogP contribution in [-0.4, -0.2) is 27.9 Å². The SMILES string of the molecule is O=[N+]([O-])c1cccc(-c2cc[nH]n2)c1OCC(F)(F)F. The van der Waals surface area contributed by atoms with Crippen molar-refractivity contribution < 1.29 is 22.8 Å². The van der Waals surface area contributed by atoms with Gasteiger partial charge in [-0.05, 0) is 12.1 Å². The second kappa shape index (κ2) is 5.19. The van der Waals surface area contributed by atoms with Crippen LogP contribution < -0.4 is 4.74 Å². The Labute approximate surface area is 110 Å². The van der Waals surface area contributed by atoms with Crippen molar-refractivity contribution in [2.24, 2.45) is 0 Å². The van der Waals surface area contributed by atoms with Gasteiger partial charge in [-0.2, -0.15) is 18.3 Å². The second-order valence-corrected chi connectivity index (χ2v) is 3.77. The van der Waals surface area contributed by atoms with E-state index in [1.54, 1.807) is 0 Å². The molecule has 0 amide bonds. The Morgan fingerprint density at radius 3 is 2.65 bits per heavy atom. The fourth-order valence-corrected chi connectivity index (χ4v) is 1.59. The predicted molar refractivity (Wildman–Crippen MR) is 62.2 cm³/mol. The summed E-state index contributed by atoms with van der Waals surface area (Å²) in [7, 11) is 0. The summed E-state index contributed by atoms with van der Waals surface area (Å²) >= 11 is 0. The number of ether oxygens (including phenoxy) is 1. The number of hydrogen-bond donors (Lipinski definition) is 1. The maximum absolute atomic E-state index is 12.2. The van der Waals surface area contributed by atoms with E-state index in [4.69, 9.17) is 0 Å². The van der Waals surface area contributed by atoms with E-state index >= 15 is 0 Å². The highest BCUT2D eigenvalue weighted by molar-refractivity contribution is 5.72. The zero-order valence-electron chi connectivity index (χ0n) is 9.85. The zero-order chi connectivity index (χ0) is 14.8. The van der Waals surface area contributed by atoms with Gasteiger partial charge in [0.05, 0.1) is 16.2 Å². The van der Waals surface area contributed by atoms with Crippen molar-refractivity contribution in [3.8, 4) is 17.0 Å². The molecule has 0 saturated heterocycles. The molecule has 0 saturated carbocycles. The number of nitro groups is 1. The molecule has 1 heterocycles. The molecule has 0 fully saturated rings. The van der Waals surface area contributed by atoms with E-state index in [0.29, 0.717) is 0 Å². The standard InChI is InChI=1S/C11H8F3N3O3/c12-11(13,14)6-20-10-7(8-4-5-15-16-8)2-1-3-9(10)17(18)19/h1-5H,6H2,(H,15,16). The van der Waals surface area contributed by atoms with Crippen molar-refractivity contribution in [2.45, 2.75) is 6.18 Å². The van der Waals surface area contributed by atoms with Crippen molar-refractivity contribution in [1.29, 1.82) is 0 Å². The fraction of sp³-hybridized carbons (Fsp3) is 0.182. The first-order valence-corrected chi connectivity index (χ1v) is 5.35. The lowest BCUT2D eigenvalue weighted by molar-refractivity contribution is -0.386. The molecule has 6 nitrogen and oxygen atoms in total. The summed E-state index contributed by atoms with van der Waals surface area (Å²) in [4.78, 5) is 10.1. The molecule has 2 rings (SSSR count). The Morgan fingerprint density at radius 1 is 1.35 bits per heavy atom. The lowest BCUT2D eigenvalue weighted by Gasteiger charge is -2.12. The number of aromatic amines is 1. The van der Waals surface area contributed by atoms with Gasteiger partial charge in [0.15, 0.2) is 6.61 Å². The highest BCUT2D eigenvalue weighted by Crippen LogP contribution is 2.37. The number of nitro benzene ring substituents is 1. The lowest BCUT2D eigenvalue weighted by Crippen LogP contribution is -2.20. The van der Waals surface area contributed by atoms with Crippen molar-refractivity contribution in [3.63, 3.8) is 0 Å². The molecule has 0 aliphatic heterocycles. The molecule has 9 heteroatoms. The molecule has 0 aliphatic carbocycles. The molecule has 0 aliphatic rings. The van der Waals surface area contributed by atoms with Crippen LogP contribution in [0.5, 0.6) is 5.75 Å². The molecule has 106 valence electrons. The summed E-state index contributed by atoms with van der Waals surface area (Å²) in [5.74, 6) is -0.457. The van der Waals surface area contributed by atoms with Gasteiger partial charge >= 0.3 is 11.9 Å². The molecule has 0 bridgehead atoms. The normalized spacial score (nSPS) is 11.3. The van der Waals surface area contributed by atoms with Gasteiger partial charge in [-0.25, -0.2) is 0 Å². The largest absolute Gasteiger partial charge is 0.477 e. The third-order valence-electron chi connectivity index (χ3n) is 2.35. The van der Waals surface area contributed by atoms with E-state index < -0.39 is 29.1 Å². The second-order valence-electron chi connectivity index (χ2n) is 3.77. The number of nitrogens with one attached hydrogen (secondary N) is 1. The molecular weight excluding hydrogens is 279 g/mol. The van der Waals surface area contributed by atoms with Gasteiger partial charge in [0, 0.05) is 12.3 Å². The molecule has 20 heavy (non-hydrogen) atoms. The van der Waals surface area contributed by atoms with Crippen LogP contribution in [0.25, 0.3) is 11.3 Å². The minimum atomic E-state index is -4.59. The van der Waals surface area contributed by atoms with Crippen LogP contribution in [0.3, 0.4) is 0 Å². The first-order valence-electron chi connectivity index (χ1n) is 5.35. The highest BCUT2D eigenvalue weighted by atomic mass is 19.4. The smallest absolute Gasteiger partial charge is 0.422 e. The molecule has 1 aromatic carbocycles. The average Bonchev–Trinajstić information content (AvgIpc) is 2.88. The summed E-state index contributed by atoms with van der Waals surface area (Å²) in [6.45, 7) is -1.62. The number of aromatic nitrogens is 2. The van der Waals surface area contributed by atoms with Crippen molar-refractivity contribution in [1.82, 2.24) is 10.2 Å². The Bertz CT molecular complexity index is 611. The monoisotopic (exact) mass is 287 g/mol. The van der Waals surface area contributed by atoms with Crippen LogP contribution in [0.2, 0.25) is 0 Å². The number of H-pyrrole nitrogens is 1. The van der Waals surface area contributed by atoms with Crippen LogP contribution in [0, 0.1) is 10.1 Å². The van der Waals surface area contributed by atoms with E-state index in [-0.39, 0.29) is 11.3 Å². The van der Waals surface area contributed by atoms with Gasteiger partial charge in [-0.1, -0.05) is 6.07 Å². The maximum atomic E-state index is 12.2. The summed E-state index contributed by atoms with van der Waals surface area (Å²) in [6.07, 6.45) is -3.14. The van der Waals surface area contributed by atoms with Crippen LogP contribution in [0.15, 0.2) is 30.5 Å². The van der Waals surface area contributed by atoms with E-state index in [0.717, 1.165) is 6.07 Å². The van der Waals surface area contributed by atoms with Crippen LogP contribution in [0.4, 0.5) is 18.9 Å². The summed E-state index contributed by atoms with van der Waals surface area (Å²) in [5, 5.41) is 17.1. The molecule has 0 unspecified atom stereocenters. The number of rotatable bonds is 4. The first kappa shape index (κ1) is 13.8. The molecule has 0 spiro atoms. The van der Waals surface area contributed by atoms with Gasteiger partial charge in [0.1, 0.15) is 0 Å². The minimum Gasteiger partial charge on any atom is -0.477 e. The molecule has 1 aromatic heterocycles. The van der Waals surface area contributed by atoms with E-state index in [1.807, 2.05) is 0 Å². The molecule has 0 atom stereocenters. The van der Waals surface area contributed by atoms with Gasteiger partial charge in [-0.3, -0.25) is 15.2 Å². The van der Waals surface area contributed by atoms with Crippen LogP contribution in [-0.2, 0) is 0 Å². The molecule has 2 aromatic rings. The number of alkyl halides is 3. The van der Waals surface area contributed by atoms with Crippen LogP contribution in [0.1, 0.15) is 0 Å². The third-order valence-corrected chi connectivity index (χ3v) is 2.35. The van der Waals surface area contributed by atoms with E-state index in [2.05, 4.69) is 14.9 Å². The van der Waals surface area contributed by atoms with Gasteiger partial charge in [0.2, 0.25) is 5.75 Å². The third kappa shape index (κ3) is 3.05. The van der Waals surface area contributed by atoms with Crippen molar-refractivity contribution >= 4 is 5.69 Å². The topological polar surface area (TPSA) is 81.0 Å². The molecular formula is C11H8F3N3O3. The van der Waals surface area contributed by atoms with Crippen molar-refractivity contribution in [2.75, 3.05) is 6.61 Å². The first-order chi connectivity index (χ1) is 9.38. The Hall–Kier alpha value is -2.58. The number of nitrogens with zero attached hydrogens (tertiary/aromatic N) is 2. The Kier molecular flexibility index (Phi) is 3.59. The van der Waals surface area contributed by atoms with Gasteiger partial charge < -0.3 is 4.74 Å². The number of benzene rings is 1. The maximum Gasteiger partial charge on any atom is 0.422 e. The number of hydrogen-bond acceptors (Lipinski definition) is 4. The fourth-order valence-electron chi connectivity index (χ4n) is 1.59. The predicted octanol–water partition coefficient (Wildman–Crippen LogP) is 2.93. The summed E-state index contributed by atoms with van der Waals surface area (Å²) in [6, 6.07) is 5.29. The number of para-hydroxylation sites is 1. The highest BCUT2D eigenvalue weighted by Gasteiger charge is 2.31. The minimum absolute atomic E-state index is 0.115.